The molecule has 0 bridgehead atoms. The largest absolute Gasteiger partial charge is 0.334 e. The Morgan fingerprint density at radius 3 is 2.67 bits per heavy atom. The number of aromatic nitrogens is 3. The van der Waals surface area contributed by atoms with Gasteiger partial charge in [-0.25, -0.2) is 12.8 Å². The minimum atomic E-state index is -4.08. The molecule has 2 aromatic carbocycles. The summed E-state index contributed by atoms with van der Waals surface area (Å²) in [6.07, 6.45) is 3.15. The highest BCUT2D eigenvalue weighted by Crippen LogP contribution is 2.37. The fourth-order valence-electron chi connectivity index (χ4n) is 3.96. The van der Waals surface area contributed by atoms with Crippen LogP contribution in [-0.2, 0) is 21.2 Å². The monoisotopic (exact) mass is 527 g/mol. The Balaban J connectivity index is 1.65. The van der Waals surface area contributed by atoms with Crippen molar-refractivity contribution in [3.05, 3.63) is 76.8 Å². The van der Waals surface area contributed by atoms with Crippen molar-refractivity contribution < 1.29 is 22.1 Å². The van der Waals surface area contributed by atoms with Gasteiger partial charge in [0.15, 0.2) is 9.84 Å². The van der Waals surface area contributed by atoms with E-state index >= 15 is 4.39 Å². The molecule has 9 nitrogen and oxygen atoms in total. The highest BCUT2D eigenvalue weighted by molar-refractivity contribution is 7.91. The number of amides is 1. The fourth-order valence-corrected chi connectivity index (χ4v) is 5.65. The number of nitrogens with zero attached hydrogens (tertiary/aromatic N) is 4. The predicted octanol–water partition coefficient (Wildman–Crippen LogP) is 3.55. The van der Waals surface area contributed by atoms with Crippen LogP contribution in [0.1, 0.15) is 11.1 Å². The molecule has 1 atom stereocenters. The van der Waals surface area contributed by atoms with Crippen molar-refractivity contribution in [1.82, 2.24) is 15.1 Å². The number of aryl methyl sites for hydroxylation is 1. The zero-order valence-corrected chi connectivity index (χ0v) is 20.4. The number of hydrogen-bond donors (Lipinski definition) is 1. The first-order valence-electron chi connectivity index (χ1n) is 10.8. The van der Waals surface area contributed by atoms with Crippen LogP contribution in [0.15, 0.2) is 64.3 Å². The van der Waals surface area contributed by atoms with E-state index in [1.165, 1.54) is 11.0 Å². The van der Waals surface area contributed by atoms with Crippen molar-refractivity contribution in [2.75, 3.05) is 10.7 Å². The maximum atomic E-state index is 15.3. The molecular weight excluding hydrogens is 509 g/mol. The molecule has 0 saturated carbocycles. The van der Waals surface area contributed by atoms with E-state index < -0.39 is 33.4 Å². The number of fused-ring (bicyclic) bond motifs is 1. The van der Waals surface area contributed by atoms with Crippen LogP contribution in [0.3, 0.4) is 0 Å². The number of rotatable bonds is 4. The lowest BCUT2D eigenvalue weighted by Gasteiger charge is -2.24. The molecule has 2 N–H and O–H groups in total. The van der Waals surface area contributed by atoms with Gasteiger partial charge in [-0.2, -0.15) is 4.98 Å². The Hall–Kier alpha value is -3.67. The Bertz CT molecular complexity index is 1590. The van der Waals surface area contributed by atoms with Crippen LogP contribution >= 0.6 is 11.6 Å². The summed E-state index contributed by atoms with van der Waals surface area (Å²) in [5.74, 6) is -2.15. The number of carbonyl (C=O) groups is 1. The molecule has 0 radical (unpaired) electrons. The Morgan fingerprint density at radius 1 is 1.19 bits per heavy atom. The van der Waals surface area contributed by atoms with Crippen LogP contribution in [0.5, 0.6) is 0 Å². The average molecular weight is 528 g/mol. The third kappa shape index (κ3) is 4.36. The van der Waals surface area contributed by atoms with Gasteiger partial charge in [0.2, 0.25) is 11.7 Å². The van der Waals surface area contributed by atoms with Gasteiger partial charge in [-0.05, 0) is 48.4 Å². The summed E-state index contributed by atoms with van der Waals surface area (Å²) in [5, 5.41) is 4.38. The Labute approximate surface area is 210 Å². The van der Waals surface area contributed by atoms with Gasteiger partial charge in [0.1, 0.15) is 5.82 Å². The van der Waals surface area contributed by atoms with Crippen LogP contribution in [0.25, 0.3) is 22.8 Å². The van der Waals surface area contributed by atoms with Gasteiger partial charge in [-0.1, -0.05) is 28.9 Å². The van der Waals surface area contributed by atoms with E-state index in [1.54, 1.807) is 42.7 Å². The highest BCUT2D eigenvalue weighted by Gasteiger charge is 2.37. The Morgan fingerprint density at radius 2 is 1.94 bits per heavy atom. The van der Waals surface area contributed by atoms with Gasteiger partial charge in [0.25, 0.3) is 5.89 Å². The predicted molar refractivity (Wildman–Crippen MR) is 130 cm³/mol. The minimum Gasteiger partial charge on any atom is -0.334 e. The van der Waals surface area contributed by atoms with E-state index in [4.69, 9.17) is 21.9 Å². The quantitative estimate of drug-likeness (QED) is 0.426. The van der Waals surface area contributed by atoms with Crippen LogP contribution in [0.4, 0.5) is 10.1 Å². The van der Waals surface area contributed by atoms with Crippen molar-refractivity contribution >= 4 is 33.0 Å². The van der Waals surface area contributed by atoms with E-state index in [-0.39, 0.29) is 34.4 Å². The zero-order chi connectivity index (χ0) is 25.6. The van der Waals surface area contributed by atoms with Crippen molar-refractivity contribution in [2.24, 2.45) is 5.73 Å². The van der Waals surface area contributed by atoms with Crippen molar-refractivity contribution in [1.29, 1.82) is 0 Å². The van der Waals surface area contributed by atoms with Crippen molar-refractivity contribution in [3.8, 4) is 22.8 Å². The fraction of sp³-hybridized carbons (Fsp3) is 0.167. The molecule has 12 heteroatoms. The minimum absolute atomic E-state index is 0.0102. The molecule has 1 aliphatic heterocycles. The second-order valence-electron chi connectivity index (χ2n) is 8.35. The molecule has 184 valence electrons. The summed E-state index contributed by atoms with van der Waals surface area (Å²) in [7, 11) is -4.08. The number of hydrogen-bond acceptors (Lipinski definition) is 8. The van der Waals surface area contributed by atoms with Crippen LogP contribution in [0, 0.1) is 12.7 Å². The van der Waals surface area contributed by atoms with E-state index in [1.807, 2.05) is 6.92 Å². The standard InChI is InChI=1S/C24H19ClFN5O4S/c1-13-6-7-28-10-17(13)23-29-22(30-35-23)16-8-20-21(9-18(16)26)36(33,34)12-19(27)24(32)31(20)11-14-2-4-15(25)5-3-14/h2-10,19H,11-12,27H2,1H3/t19-/m0/s1. The maximum Gasteiger partial charge on any atom is 0.260 e. The smallest absolute Gasteiger partial charge is 0.260 e. The molecule has 0 spiro atoms. The summed E-state index contributed by atoms with van der Waals surface area (Å²) >= 11 is 5.96. The first kappa shape index (κ1) is 24.0. The number of nitrogens with two attached hydrogens (primary N) is 1. The number of halogens is 2. The first-order valence-corrected chi connectivity index (χ1v) is 12.8. The first-order chi connectivity index (χ1) is 17.1. The van der Waals surface area contributed by atoms with E-state index in [0.717, 1.165) is 11.6 Å². The summed E-state index contributed by atoms with van der Waals surface area (Å²) in [4.78, 5) is 22.4. The van der Waals surface area contributed by atoms with Gasteiger partial charge in [-0.15, -0.1) is 0 Å². The molecule has 36 heavy (non-hydrogen) atoms. The molecule has 4 aromatic rings. The SMILES string of the molecule is Cc1ccncc1-c1nc(-c2cc3c(cc2F)S(=O)(=O)C[C@H](N)C(=O)N3Cc2ccc(Cl)cc2)no1. The molecule has 0 aliphatic carbocycles. The summed E-state index contributed by atoms with van der Waals surface area (Å²) < 4.78 is 46.6. The van der Waals surface area contributed by atoms with Gasteiger partial charge in [0, 0.05) is 17.4 Å². The third-order valence-corrected chi connectivity index (χ3v) is 7.89. The van der Waals surface area contributed by atoms with Crippen LogP contribution < -0.4 is 10.6 Å². The van der Waals surface area contributed by atoms with Gasteiger partial charge in [-0.3, -0.25) is 9.78 Å². The van der Waals surface area contributed by atoms with E-state index in [0.29, 0.717) is 16.1 Å². The molecule has 0 fully saturated rings. The lowest BCUT2D eigenvalue weighted by atomic mass is 10.1. The van der Waals surface area contributed by atoms with E-state index in [2.05, 4.69) is 15.1 Å². The number of carbonyl (C=O) groups excluding carboxylic acids is 1. The molecule has 0 saturated heterocycles. The summed E-state index contributed by atoms with van der Waals surface area (Å²) in [6.45, 7) is 1.82. The molecule has 1 amide bonds. The van der Waals surface area contributed by atoms with Gasteiger partial charge < -0.3 is 15.2 Å². The van der Waals surface area contributed by atoms with Gasteiger partial charge >= 0.3 is 0 Å². The molecule has 2 aromatic heterocycles. The second kappa shape index (κ2) is 9.08. The van der Waals surface area contributed by atoms with Crippen molar-refractivity contribution in [3.63, 3.8) is 0 Å². The lowest BCUT2D eigenvalue weighted by molar-refractivity contribution is -0.119. The molecule has 0 unspecified atom stereocenters. The topological polar surface area (TPSA) is 132 Å². The maximum absolute atomic E-state index is 15.3. The van der Waals surface area contributed by atoms with E-state index in [9.17, 15) is 13.2 Å². The summed E-state index contributed by atoms with van der Waals surface area (Å²) in [5.41, 5.74) is 7.84. The van der Waals surface area contributed by atoms with Crippen molar-refractivity contribution in [2.45, 2.75) is 24.4 Å². The molecular formula is C24H19ClFN5O4S. The summed E-state index contributed by atoms with van der Waals surface area (Å²) in [6, 6.07) is 9.23. The zero-order valence-electron chi connectivity index (χ0n) is 18.9. The molecule has 3 heterocycles. The van der Waals surface area contributed by atoms with Crippen LogP contribution in [-0.4, -0.2) is 41.2 Å². The number of pyridine rings is 1. The second-order valence-corrected chi connectivity index (χ2v) is 10.8. The molecule has 1 aliphatic rings. The van der Waals surface area contributed by atoms with Crippen LogP contribution in [0.2, 0.25) is 5.02 Å². The average Bonchev–Trinajstić information content (AvgIpc) is 3.31. The lowest BCUT2D eigenvalue weighted by Crippen LogP contribution is -2.45. The van der Waals surface area contributed by atoms with Gasteiger partial charge in [0.05, 0.1) is 40.0 Å². The Kier molecular flexibility index (Phi) is 6.07. The third-order valence-electron chi connectivity index (χ3n) is 5.85. The highest BCUT2D eigenvalue weighted by atomic mass is 35.5. The number of sulfone groups is 1. The number of benzene rings is 2. The normalized spacial score (nSPS) is 17.1. The number of anilines is 1. The molecule has 5 rings (SSSR count).